The molecule has 1 N–H and O–H groups in total. The first kappa shape index (κ1) is 16.4. The van der Waals surface area contributed by atoms with E-state index in [2.05, 4.69) is 58.2 Å². The summed E-state index contributed by atoms with van der Waals surface area (Å²) in [6, 6.07) is 17.2. The molecule has 24 heavy (non-hydrogen) atoms. The van der Waals surface area contributed by atoms with Crippen LogP contribution in [0, 0.1) is 0 Å². The van der Waals surface area contributed by atoms with Crippen molar-refractivity contribution >= 4 is 43.3 Å². The van der Waals surface area contributed by atoms with E-state index in [0.717, 1.165) is 42.5 Å². The summed E-state index contributed by atoms with van der Waals surface area (Å²) in [5.41, 5.74) is 3.81. The summed E-state index contributed by atoms with van der Waals surface area (Å²) in [5.74, 6) is 0. The van der Waals surface area contributed by atoms with Gasteiger partial charge in [0.25, 0.3) is 0 Å². The lowest BCUT2D eigenvalue weighted by Crippen LogP contribution is -2.39. The molecule has 6 heteroatoms. The molecule has 0 unspecified atom stereocenters. The SMILES string of the molecule is c1ccc(Cc2cccc3sc(SSN4CCNCC4)nc23)cc1. The van der Waals surface area contributed by atoms with E-state index in [1.165, 1.54) is 15.8 Å². The smallest absolute Gasteiger partial charge is 0.162 e. The fourth-order valence-corrected chi connectivity index (χ4v) is 6.21. The van der Waals surface area contributed by atoms with Gasteiger partial charge in [0.05, 0.1) is 10.2 Å². The van der Waals surface area contributed by atoms with E-state index in [9.17, 15) is 0 Å². The Kier molecular flexibility index (Phi) is 5.40. The molecule has 0 aliphatic carbocycles. The third-order valence-electron chi connectivity index (χ3n) is 4.01. The maximum Gasteiger partial charge on any atom is 0.162 e. The number of nitrogens with one attached hydrogen (secondary N) is 1. The monoisotopic (exact) mass is 373 g/mol. The largest absolute Gasteiger partial charge is 0.314 e. The first-order valence-corrected chi connectivity index (χ1v) is 11.0. The second kappa shape index (κ2) is 7.89. The van der Waals surface area contributed by atoms with Crippen molar-refractivity contribution in [2.45, 2.75) is 10.8 Å². The highest BCUT2D eigenvalue weighted by Crippen LogP contribution is 2.39. The van der Waals surface area contributed by atoms with Crippen LogP contribution >= 0.6 is 33.1 Å². The first-order chi connectivity index (χ1) is 11.9. The minimum Gasteiger partial charge on any atom is -0.314 e. The summed E-state index contributed by atoms with van der Waals surface area (Å²) in [6.45, 7) is 4.35. The molecule has 1 aliphatic rings. The molecule has 0 amide bonds. The van der Waals surface area contributed by atoms with Gasteiger partial charge in [-0.1, -0.05) is 42.5 Å². The lowest BCUT2D eigenvalue weighted by molar-refractivity contribution is 0.399. The van der Waals surface area contributed by atoms with Crippen LogP contribution in [0.5, 0.6) is 0 Å². The Labute approximate surface area is 154 Å². The van der Waals surface area contributed by atoms with Gasteiger partial charge in [0.15, 0.2) is 4.34 Å². The van der Waals surface area contributed by atoms with Gasteiger partial charge < -0.3 is 5.32 Å². The van der Waals surface area contributed by atoms with E-state index in [1.807, 2.05) is 11.0 Å². The Bertz CT molecular complexity index is 798. The summed E-state index contributed by atoms with van der Waals surface area (Å²) in [4.78, 5) is 4.91. The topological polar surface area (TPSA) is 28.2 Å². The molecule has 1 aliphatic heterocycles. The summed E-state index contributed by atoms with van der Waals surface area (Å²) in [6.07, 6.45) is 0.941. The third kappa shape index (κ3) is 3.95. The average Bonchev–Trinajstić information content (AvgIpc) is 3.06. The zero-order chi connectivity index (χ0) is 16.2. The number of hydrogen-bond acceptors (Lipinski definition) is 6. The fourth-order valence-electron chi connectivity index (χ4n) is 2.78. The summed E-state index contributed by atoms with van der Waals surface area (Å²) in [7, 11) is 3.62. The predicted octanol–water partition coefficient (Wildman–Crippen LogP) is 4.45. The number of fused-ring (bicyclic) bond motifs is 1. The highest BCUT2D eigenvalue weighted by Gasteiger charge is 2.14. The van der Waals surface area contributed by atoms with E-state index >= 15 is 0 Å². The van der Waals surface area contributed by atoms with Crippen LogP contribution < -0.4 is 5.32 Å². The molecule has 0 bridgehead atoms. The molecule has 0 spiro atoms. The van der Waals surface area contributed by atoms with E-state index in [1.54, 1.807) is 22.1 Å². The number of para-hydroxylation sites is 1. The van der Waals surface area contributed by atoms with Gasteiger partial charge in [-0.15, -0.1) is 11.3 Å². The van der Waals surface area contributed by atoms with Crippen molar-refractivity contribution in [2.75, 3.05) is 26.2 Å². The van der Waals surface area contributed by atoms with Crippen LogP contribution in [-0.2, 0) is 6.42 Å². The molecule has 3 nitrogen and oxygen atoms in total. The van der Waals surface area contributed by atoms with Gasteiger partial charge in [-0.25, -0.2) is 9.29 Å². The lowest BCUT2D eigenvalue weighted by atomic mass is 10.0. The third-order valence-corrected chi connectivity index (χ3v) is 7.86. The highest BCUT2D eigenvalue weighted by molar-refractivity contribution is 8.76. The van der Waals surface area contributed by atoms with Gasteiger partial charge in [-0.3, -0.25) is 0 Å². The van der Waals surface area contributed by atoms with Gasteiger partial charge in [-0.2, -0.15) is 0 Å². The molecular weight excluding hydrogens is 354 g/mol. The summed E-state index contributed by atoms with van der Waals surface area (Å²) in [5, 5.41) is 3.39. The molecule has 1 aromatic heterocycles. The van der Waals surface area contributed by atoms with Crippen molar-refractivity contribution in [1.29, 1.82) is 0 Å². The van der Waals surface area contributed by atoms with Crippen LogP contribution in [0.2, 0.25) is 0 Å². The summed E-state index contributed by atoms with van der Waals surface area (Å²) >= 11 is 1.80. The molecule has 4 rings (SSSR count). The molecule has 2 aromatic carbocycles. The number of aromatic nitrogens is 1. The molecule has 2 heterocycles. The number of nitrogens with zero attached hydrogens (tertiary/aromatic N) is 2. The van der Waals surface area contributed by atoms with Gasteiger partial charge >= 0.3 is 0 Å². The minimum absolute atomic E-state index is 0.941. The second-order valence-corrected chi connectivity index (χ2v) is 9.20. The molecule has 0 radical (unpaired) electrons. The average molecular weight is 374 g/mol. The maximum atomic E-state index is 4.91. The minimum atomic E-state index is 0.941. The van der Waals surface area contributed by atoms with Crippen LogP contribution in [0.15, 0.2) is 52.9 Å². The van der Waals surface area contributed by atoms with Crippen LogP contribution in [0.3, 0.4) is 0 Å². The normalized spacial score (nSPS) is 15.8. The first-order valence-electron chi connectivity index (χ1n) is 8.11. The molecule has 0 saturated carbocycles. The number of hydrogen-bond donors (Lipinski definition) is 1. The van der Waals surface area contributed by atoms with Crippen molar-refractivity contribution in [3.05, 3.63) is 59.7 Å². The van der Waals surface area contributed by atoms with E-state index in [0.29, 0.717) is 0 Å². The van der Waals surface area contributed by atoms with Crippen LogP contribution in [0.1, 0.15) is 11.1 Å². The van der Waals surface area contributed by atoms with Crippen molar-refractivity contribution in [3.63, 3.8) is 0 Å². The fraction of sp³-hybridized carbons (Fsp3) is 0.278. The molecule has 1 saturated heterocycles. The molecule has 0 atom stereocenters. The van der Waals surface area contributed by atoms with Gasteiger partial charge in [0.2, 0.25) is 0 Å². The van der Waals surface area contributed by atoms with Crippen LogP contribution in [0.4, 0.5) is 0 Å². The Balaban J connectivity index is 1.51. The number of rotatable bonds is 5. The maximum absolute atomic E-state index is 4.91. The number of benzene rings is 2. The Morgan fingerprint density at radius 2 is 1.88 bits per heavy atom. The Morgan fingerprint density at radius 3 is 2.71 bits per heavy atom. The van der Waals surface area contributed by atoms with E-state index in [-0.39, 0.29) is 0 Å². The van der Waals surface area contributed by atoms with Crippen molar-refractivity contribution < 1.29 is 0 Å². The van der Waals surface area contributed by atoms with E-state index in [4.69, 9.17) is 4.98 Å². The second-order valence-electron chi connectivity index (χ2n) is 5.74. The lowest BCUT2D eigenvalue weighted by Gasteiger charge is -2.24. The Morgan fingerprint density at radius 1 is 1.04 bits per heavy atom. The highest BCUT2D eigenvalue weighted by atomic mass is 33.1. The van der Waals surface area contributed by atoms with Gasteiger partial charge in [-0.05, 0) is 45.4 Å². The predicted molar refractivity (Wildman–Crippen MR) is 107 cm³/mol. The van der Waals surface area contributed by atoms with Crippen molar-refractivity contribution in [2.24, 2.45) is 0 Å². The molecular formula is C18H19N3S3. The Hall–Kier alpha value is -1.05. The van der Waals surface area contributed by atoms with Gasteiger partial charge in [0, 0.05) is 26.2 Å². The molecule has 1 fully saturated rings. The summed E-state index contributed by atoms with van der Waals surface area (Å²) < 4.78 is 4.85. The number of piperazine rings is 1. The van der Waals surface area contributed by atoms with Crippen molar-refractivity contribution in [3.8, 4) is 0 Å². The molecule has 3 aromatic rings. The quantitative estimate of drug-likeness (QED) is 0.527. The zero-order valence-corrected chi connectivity index (χ0v) is 15.7. The zero-order valence-electron chi connectivity index (χ0n) is 13.3. The number of thiazole rings is 1. The van der Waals surface area contributed by atoms with E-state index < -0.39 is 0 Å². The molecule has 124 valence electrons. The van der Waals surface area contributed by atoms with Crippen LogP contribution in [0.25, 0.3) is 10.2 Å². The van der Waals surface area contributed by atoms with Crippen molar-refractivity contribution in [1.82, 2.24) is 14.6 Å². The van der Waals surface area contributed by atoms with Gasteiger partial charge in [0.1, 0.15) is 0 Å². The standard InChI is InChI=1S/C18H19N3S3/c1-2-5-14(6-3-1)13-15-7-4-8-16-17(15)20-18(22-16)23-24-21-11-9-19-10-12-21/h1-8,19H,9-13H2. The van der Waals surface area contributed by atoms with Crippen LogP contribution in [-0.4, -0.2) is 35.5 Å².